The maximum absolute atomic E-state index is 8.80. The average molecular weight is 243 g/mol. The number of hydrogen-bond donors (Lipinski definition) is 0. The predicted molar refractivity (Wildman–Crippen MR) is 68.9 cm³/mol. The third-order valence-electron chi connectivity index (χ3n) is 2.64. The van der Waals surface area contributed by atoms with Gasteiger partial charge < -0.3 is 0 Å². The molecule has 0 saturated heterocycles. The Labute approximate surface area is 105 Å². The summed E-state index contributed by atoms with van der Waals surface area (Å²) >= 11 is 5.94. The molecule has 0 spiro atoms. The van der Waals surface area contributed by atoms with E-state index in [1.165, 1.54) is 5.56 Å². The summed E-state index contributed by atoms with van der Waals surface area (Å²) in [5, 5.41) is 9.06. The second-order valence-corrected chi connectivity index (χ2v) is 4.32. The minimum absolute atomic E-state index is 0.255. The van der Waals surface area contributed by atoms with Gasteiger partial charge in [-0.25, -0.2) is 4.98 Å². The second-order valence-electron chi connectivity index (χ2n) is 3.97. The Morgan fingerprint density at radius 1 is 1.18 bits per heavy atom. The zero-order valence-electron chi connectivity index (χ0n) is 9.66. The molecule has 2 aromatic rings. The number of nitrogens with zero attached hydrogens (tertiary/aromatic N) is 2. The molecule has 84 valence electrons. The van der Waals surface area contributed by atoms with Crippen molar-refractivity contribution in [2.45, 2.75) is 13.8 Å². The van der Waals surface area contributed by atoms with Crippen molar-refractivity contribution >= 4 is 11.6 Å². The van der Waals surface area contributed by atoms with Crippen LogP contribution in [0.25, 0.3) is 11.3 Å². The van der Waals surface area contributed by atoms with E-state index in [4.69, 9.17) is 16.9 Å². The molecule has 0 aliphatic rings. The molecular formula is C14H11ClN2. The highest BCUT2D eigenvalue weighted by Gasteiger charge is 2.07. The van der Waals surface area contributed by atoms with Gasteiger partial charge in [0.2, 0.25) is 0 Å². The van der Waals surface area contributed by atoms with Gasteiger partial charge in [-0.2, -0.15) is 5.26 Å². The van der Waals surface area contributed by atoms with Crippen LogP contribution in [0.15, 0.2) is 30.3 Å². The fraction of sp³-hybridized carbons (Fsp3) is 0.143. The van der Waals surface area contributed by atoms with Crippen LogP contribution < -0.4 is 0 Å². The van der Waals surface area contributed by atoms with E-state index in [1.54, 1.807) is 6.07 Å². The molecule has 0 saturated carbocycles. The average Bonchev–Trinajstić information content (AvgIpc) is 2.32. The van der Waals surface area contributed by atoms with Gasteiger partial charge in [0.1, 0.15) is 11.2 Å². The first-order valence-corrected chi connectivity index (χ1v) is 5.64. The number of halogens is 1. The lowest BCUT2D eigenvalue weighted by Gasteiger charge is -2.07. The molecule has 2 rings (SSSR count). The molecule has 0 atom stereocenters. The van der Waals surface area contributed by atoms with Crippen molar-refractivity contribution in [1.82, 2.24) is 4.98 Å². The first kappa shape index (κ1) is 11.6. The van der Waals surface area contributed by atoms with Crippen molar-refractivity contribution in [2.24, 2.45) is 0 Å². The van der Waals surface area contributed by atoms with Crippen LogP contribution in [-0.4, -0.2) is 4.98 Å². The summed E-state index contributed by atoms with van der Waals surface area (Å²) < 4.78 is 0. The lowest BCUT2D eigenvalue weighted by molar-refractivity contribution is 1.28. The Morgan fingerprint density at radius 3 is 2.59 bits per heavy atom. The summed E-state index contributed by atoms with van der Waals surface area (Å²) in [5.74, 6) is 0. The normalized spacial score (nSPS) is 10.0. The van der Waals surface area contributed by atoms with Crippen molar-refractivity contribution in [3.63, 3.8) is 0 Å². The topological polar surface area (TPSA) is 36.7 Å². The van der Waals surface area contributed by atoms with E-state index in [0.717, 1.165) is 16.8 Å². The molecule has 3 heteroatoms. The van der Waals surface area contributed by atoms with E-state index in [9.17, 15) is 0 Å². The highest BCUT2D eigenvalue weighted by Crippen LogP contribution is 2.25. The van der Waals surface area contributed by atoms with Crippen LogP contribution in [0.5, 0.6) is 0 Å². The van der Waals surface area contributed by atoms with Gasteiger partial charge in [-0.3, -0.25) is 0 Å². The number of nitriles is 1. The summed E-state index contributed by atoms with van der Waals surface area (Å²) in [6.07, 6.45) is 0. The molecule has 0 fully saturated rings. The minimum Gasteiger partial charge on any atom is -0.235 e. The Kier molecular flexibility index (Phi) is 3.12. The monoisotopic (exact) mass is 242 g/mol. The van der Waals surface area contributed by atoms with Gasteiger partial charge in [0.25, 0.3) is 0 Å². The van der Waals surface area contributed by atoms with Crippen molar-refractivity contribution in [2.75, 3.05) is 0 Å². The second kappa shape index (κ2) is 4.57. The number of hydrogen-bond acceptors (Lipinski definition) is 2. The molecule has 2 nitrogen and oxygen atoms in total. The molecule has 17 heavy (non-hydrogen) atoms. The van der Waals surface area contributed by atoms with Crippen LogP contribution in [0, 0.1) is 25.2 Å². The number of rotatable bonds is 1. The van der Waals surface area contributed by atoms with Gasteiger partial charge in [-0.15, -0.1) is 0 Å². The smallest absolute Gasteiger partial charge is 0.147 e. The Hall–Kier alpha value is -1.85. The fourth-order valence-electron chi connectivity index (χ4n) is 1.68. The summed E-state index contributed by atoms with van der Waals surface area (Å²) in [7, 11) is 0. The molecule has 1 aromatic heterocycles. The Bertz CT molecular complexity index is 612. The lowest BCUT2D eigenvalue weighted by atomic mass is 10.0. The van der Waals surface area contributed by atoms with Crippen molar-refractivity contribution in [3.05, 3.63) is 52.2 Å². The largest absolute Gasteiger partial charge is 0.235 e. The standard InChI is InChI=1S/C14H11ClN2/c1-9-3-4-10(2)12(7-9)13-6-5-11(8-16)14(15)17-13/h3-7H,1-2H3. The highest BCUT2D eigenvalue weighted by atomic mass is 35.5. The van der Waals surface area contributed by atoms with E-state index in [1.807, 2.05) is 26.0 Å². The van der Waals surface area contributed by atoms with Gasteiger partial charge in [0, 0.05) is 5.56 Å². The molecular weight excluding hydrogens is 232 g/mol. The van der Waals surface area contributed by atoms with E-state index < -0.39 is 0 Å². The van der Waals surface area contributed by atoms with Crippen LogP contribution in [0.2, 0.25) is 5.15 Å². The Balaban J connectivity index is 2.58. The molecule has 1 aromatic carbocycles. The van der Waals surface area contributed by atoms with E-state index >= 15 is 0 Å². The zero-order chi connectivity index (χ0) is 12.4. The number of aryl methyl sites for hydroxylation is 2. The quantitative estimate of drug-likeness (QED) is 0.712. The molecule has 0 aliphatic carbocycles. The first-order chi connectivity index (χ1) is 8.11. The summed E-state index contributed by atoms with van der Waals surface area (Å²) in [4.78, 5) is 4.26. The first-order valence-electron chi connectivity index (χ1n) is 5.26. The predicted octanol–water partition coefficient (Wildman–Crippen LogP) is 3.89. The van der Waals surface area contributed by atoms with E-state index in [-0.39, 0.29) is 5.15 Å². The third kappa shape index (κ3) is 2.30. The number of pyridine rings is 1. The molecule has 0 radical (unpaired) electrons. The van der Waals surface area contributed by atoms with E-state index in [2.05, 4.69) is 23.2 Å². The summed E-state index contributed by atoms with van der Waals surface area (Å²) in [5.41, 5.74) is 4.57. The summed E-state index contributed by atoms with van der Waals surface area (Å²) in [6.45, 7) is 4.07. The minimum atomic E-state index is 0.255. The van der Waals surface area contributed by atoms with Gasteiger partial charge in [-0.05, 0) is 37.6 Å². The van der Waals surface area contributed by atoms with Gasteiger partial charge in [0.15, 0.2) is 0 Å². The van der Waals surface area contributed by atoms with Crippen LogP contribution in [0.4, 0.5) is 0 Å². The van der Waals surface area contributed by atoms with Gasteiger partial charge in [-0.1, -0.05) is 29.3 Å². The van der Waals surface area contributed by atoms with Crippen molar-refractivity contribution < 1.29 is 0 Å². The Morgan fingerprint density at radius 2 is 1.94 bits per heavy atom. The van der Waals surface area contributed by atoms with Gasteiger partial charge >= 0.3 is 0 Å². The maximum Gasteiger partial charge on any atom is 0.147 e. The lowest BCUT2D eigenvalue weighted by Crippen LogP contribution is -1.90. The van der Waals surface area contributed by atoms with Crippen LogP contribution in [0.3, 0.4) is 0 Å². The van der Waals surface area contributed by atoms with Gasteiger partial charge in [0.05, 0.1) is 11.3 Å². The molecule has 1 heterocycles. The number of benzene rings is 1. The SMILES string of the molecule is Cc1ccc(C)c(-c2ccc(C#N)c(Cl)n2)c1. The van der Waals surface area contributed by atoms with Crippen LogP contribution in [-0.2, 0) is 0 Å². The van der Waals surface area contributed by atoms with Crippen molar-refractivity contribution in [1.29, 1.82) is 5.26 Å². The van der Waals surface area contributed by atoms with Crippen LogP contribution in [0.1, 0.15) is 16.7 Å². The van der Waals surface area contributed by atoms with E-state index in [0.29, 0.717) is 5.56 Å². The maximum atomic E-state index is 8.80. The summed E-state index contributed by atoms with van der Waals surface area (Å²) in [6, 6.07) is 11.7. The van der Waals surface area contributed by atoms with Crippen molar-refractivity contribution in [3.8, 4) is 17.3 Å². The molecule has 0 unspecified atom stereocenters. The number of aromatic nitrogens is 1. The molecule has 0 aliphatic heterocycles. The molecule has 0 amide bonds. The molecule has 0 N–H and O–H groups in total. The molecule has 0 bridgehead atoms. The zero-order valence-corrected chi connectivity index (χ0v) is 10.4. The third-order valence-corrected chi connectivity index (χ3v) is 2.93. The highest BCUT2D eigenvalue weighted by molar-refractivity contribution is 6.30. The van der Waals surface area contributed by atoms with Crippen LogP contribution >= 0.6 is 11.6 Å². The fourth-order valence-corrected chi connectivity index (χ4v) is 1.88.